The molecule has 0 spiro atoms. The lowest BCUT2D eigenvalue weighted by Gasteiger charge is -2.10. The molecule has 10 heteroatoms. The minimum absolute atomic E-state index is 0.0421. The van der Waals surface area contributed by atoms with Crippen molar-refractivity contribution in [3.63, 3.8) is 0 Å². The molecule has 0 atom stereocenters. The first-order valence-corrected chi connectivity index (χ1v) is 10.7. The number of ether oxygens (including phenoxy) is 2. The second-order valence-corrected chi connectivity index (χ2v) is 8.13. The molecule has 0 aliphatic carbocycles. The van der Waals surface area contributed by atoms with Gasteiger partial charge in [0.25, 0.3) is 5.56 Å². The van der Waals surface area contributed by atoms with Gasteiger partial charge in [0.15, 0.2) is 16.7 Å². The van der Waals surface area contributed by atoms with Crippen LogP contribution < -0.4 is 20.3 Å². The molecule has 0 saturated heterocycles. The summed E-state index contributed by atoms with van der Waals surface area (Å²) in [6, 6.07) is 7.13. The van der Waals surface area contributed by atoms with E-state index in [1.54, 1.807) is 65.6 Å². The molecular weight excluding hydrogens is 420 g/mol. The molecule has 0 fully saturated rings. The van der Waals surface area contributed by atoms with Crippen LogP contribution in [0.1, 0.15) is 5.76 Å². The Bertz CT molecular complexity index is 1360. The third-order valence-electron chi connectivity index (χ3n) is 5.32. The van der Waals surface area contributed by atoms with Gasteiger partial charge in [-0.2, -0.15) is 0 Å². The van der Waals surface area contributed by atoms with Gasteiger partial charge in [0, 0.05) is 23.8 Å². The molecule has 4 aromatic rings. The van der Waals surface area contributed by atoms with Crippen LogP contribution in [0.2, 0.25) is 0 Å². The summed E-state index contributed by atoms with van der Waals surface area (Å²) in [5.41, 5.74) is 1.47. The monoisotopic (exact) mass is 440 g/mol. The first kappa shape index (κ1) is 19.6. The predicted molar refractivity (Wildman–Crippen MR) is 116 cm³/mol. The van der Waals surface area contributed by atoms with Crippen molar-refractivity contribution in [3.05, 3.63) is 46.6 Å². The highest BCUT2D eigenvalue weighted by molar-refractivity contribution is 7.99. The van der Waals surface area contributed by atoms with Gasteiger partial charge in [-0.05, 0) is 18.2 Å². The Morgan fingerprint density at radius 3 is 2.84 bits per heavy atom. The van der Waals surface area contributed by atoms with Crippen molar-refractivity contribution in [2.24, 2.45) is 0 Å². The summed E-state index contributed by atoms with van der Waals surface area (Å²) in [4.78, 5) is 30.8. The van der Waals surface area contributed by atoms with Gasteiger partial charge in [-0.1, -0.05) is 11.8 Å². The van der Waals surface area contributed by atoms with E-state index in [1.165, 1.54) is 0 Å². The first-order chi connectivity index (χ1) is 15.1. The second-order valence-electron chi connectivity index (χ2n) is 7.06. The fourth-order valence-corrected chi connectivity index (χ4v) is 4.80. The van der Waals surface area contributed by atoms with E-state index < -0.39 is 0 Å². The van der Waals surface area contributed by atoms with Gasteiger partial charge in [-0.3, -0.25) is 14.2 Å². The van der Waals surface area contributed by atoms with Gasteiger partial charge in [0.05, 0.1) is 32.5 Å². The van der Waals surface area contributed by atoms with Crippen LogP contribution >= 0.6 is 11.8 Å². The van der Waals surface area contributed by atoms with Crippen molar-refractivity contribution in [3.8, 4) is 11.5 Å². The minimum Gasteiger partial charge on any atom is -0.493 e. The summed E-state index contributed by atoms with van der Waals surface area (Å²) < 4.78 is 19.5. The number of furan rings is 1. The molecule has 1 aromatic carbocycles. The minimum atomic E-state index is -0.246. The zero-order valence-corrected chi connectivity index (χ0v) is 17.8. The number of benzene rings is 1. The molecular formula is C21H20N4O5S. The SMILES string of the molecule is COc1cc2c3nc4n(c(=O)c3n(CC(=O)NCc3ccco3)c2cc1OC)CCS4. The largest absolute Gasteiger partial charge is 0.493 e. The third kappa shape index (κ3) is 3.23. The van der Waals surface area contributed by atoms with Crippen LogP contribution in [0.15, 0.2) is 44.9 Å². The Hall–Kier alpha value is -3.40. The third-order valence-corrected chi connectivity index (χ3v) is 6.27. The van der Waals surface area contributed by atoms with E-state index in [9.17, 15) is 9.59 Å². The number of aromatic nitrogens is 3. The fourth-order valence-electron chi connectivity index (χ4n) is 3.86. The van der Waals surface area contributed by atoms with Crippen LogP contribution in [0.4, 0.5) is 0 Å². The van der Waals surface area contributed by atoms with E-state index in [4.69, 9.17) is 18.9 Å². The number of nitrogens with zero attached hydrogens (tertiary/aromatic N) is 3. The average Bonchev–Trinajstić information content (AvgIpc) is 3.52. The number of hydrogen-bond donors (Lipinski definition) is 1. The van der Waals surface area contributed by atoms with Crippen LogP contribution in [0.3, 0.4) is 0 Å². The summed E-state index contributed by atoms with van der Waals surface area (Å²) in [7, 11) is 3.10. The molecule has 3 aromatic heterocycles. The number of carbonyl (C=O) groups excluding carboxylic acids is 1. The van der Waals surface area contributed by atoms with E-state index in [-0.39, 0.29) is 24.6 Å². The van der Waals surface area contributed by atoms with Crippen LogP contribution in [0.5, 0.6) is 11.5 Å². The predicted octanol–water partition coefficient (Wildman–Crippen LogP) is 2.38. The molecule has 0 saturated carbocycles. The molecule has 0 unspecified atom stereocenters. The molecule has 160 valence electrons. The Morgan fingerprint density at radius 2 is 2.10 bits per heavy atom. The topological polar surface area (TPSA) is 101 Å². The molecule has 5 rings (SSSR count). The Balaban J connectivity index is 1.66. The molecule has 1 aliphatic rings. The van der Waals surface area contributed by atoms with Gasteiger partial charge in [0.1, 0.15) is 23.3 Å². The second kappa shape index (κ2) is 7.69. The van der Waals surface area contributed by atoms with Crippen molar-refractivity contribution < 1.29 is 18.7 Å². The van der Waals surface area contributed by atoms with Gasteiger partial charge in [-0.15, -0.1) is 0 Å². The number of amides is 1. The quantitative estimate of drug-likeness (QED) is 0.460. The number of hydrogen-bond acceptors (Lipinski definition) is 7. The zero-order chi connectivity index (χ0) is 21.5. The molecule has 31 heavy (non-hydrogen) atoms. The Labute approximate surface area is 180 Å². The van der Waals surface area contributed by atoms with E-state index in [2.05, 4.69) is 5.32 Å². The first-order valence-electron chi connectivity index (χ1n) is 9.71. The Kier molecular flexibility index (Phi) is 4.85. The summed E-state index contributed by atoms with van der Waals surface area (Å²) in [5, 5.41) is 4.26. The van der Waals surface area contributed by atoms with Crippen molar-refractivity contribution in [2.45, 2.75) is 24.8 Å². The van der Waals surface area contributed by atoms with Gasteiger partial charge in [0.2, 0.25) is 5.91 Å². The number of fused-ring (bicyclic) bond motifs is 4. The van der Waals surface area contributed by atoms with E-state index in [0.717, 1.165) is 11.1 Å². The fraction of sp³-hybridized carbons (Fsp3) is 0.286. The molecule has 1 N–H and O–H groups in total. The number of rotatable bonds is 6. The van der Waals surface area contributed by atoms with Crippen molar-refractivity contribution in [1.29, 1.82) is 0 Å². The molecule has 1 amide bonds. The van der Waals surface area contributed by atoms with Crippen molar-refractivity contribution in [2.75, 3.05) is 20.0 Å². The lowest BCUT2D eigenvalue weighted by molar-refractivity contribution is -0.121. The van der Waals surface area contributed by atoms with E-state index in [0.29, 0.717) is 45.5 Å². The lowest BCUT2D eigenvalue weighted by atomic mass is 10.2. The maximum atomic E-state index is 13.3. The van der Waals surface area contributed by atoms with Gasteiger partial charge >= 0.3 is 0 Å². The normalized spacial score (nSPS) is 13.0. The smallest absolute Gasteiger partial charge is 0.278 e. The Morgan fingerprint density at radius 1 is 1.29 bits per heavy atom. The molecule has 1 aliphatic heterocycles. The number of nitrogens with one attached hydrogen (secondary N) is 1. The molecule has 9 nitrogen and oxygen atoms in total. The molecule has 0 radical (unpaired) electrons. The van der Waals surface area contributed by atoms with E-state index in [1.807, 2.05) is 0 Å². The summed E-state index contributed by atoms with van der Waals surface area (Å²) in [6.45, 7) is 0.823. The summed E-state index contributed by atoms with van der Waals surface area (Å²) >= 11 is 1.55. The molecule has 4 heterocycles. The highest BCUT2D eigenvalue weighted by Crippen LogP contribution is 2.37. The lowest BCUT2D eigenvalue weighted by Crippen LogP contribution is -2.29. The average molecular weight is 440 g/mol. The standard InChI is InChI=1S/C21H20N4O5S/c1-28-15-8-13-14(9-16(15)29-2)25(11-17(26)22-10-12-4-3-6-30-12)19-18(13)23-21-24(20(19)27)5-7-31-21/h3-4,6,8-9H,5,7,10-11H2,1-2H3,(H,22,26). The number of carbonyl (C=O) groups is 1. The van der Waals surface area contributed by atoms with Gasteiger partial charge < -0.3 is 23.8 Å². The van der Waals surface area contributed by atoms with Crippen LogP contribution in [-0.2, 0) is 24.4 Å². The maximum absolute atomic E-state index is 13.3. The zero-order valence-electron chi connectivity index (χ0n) is 17.0. The highest BCUT2D eigenvalue weighted by atomic mass is 32.2. The summed E-state index contributed by atoms with van der Waals surface area (Å²) in [5.74, 6) is 2.25. The number of thioether (sulfide) groups is 1. The highest BCUT2D eigenvalue weighted by Gasteiger charge is 2.24. The van der Waals surface area contributed by atoms with Crippen LogP contribution in [0, 0.1) is 0 Å². The number of methoxy groups -OCH3 is 2. The van der Waals surface area contributed by atoms with Gasteiger partial charge in [-0.25, -0.2) is 4.98 Å². The summed E-state index contributed by atoms with van der Waals surface area (Å²) in [6.07, 6.45) is 1.55. The van der Waals surface area contributed by atoms with Crippen LogP contribution in [-0.4, -0.2) is 40.0 Å². The van der Waals surface area contributed by atoms with Crippen molar-refractivity contribution in [1.82, 2.24) is 19.4 Å². The molecule has 0 bridgehead atoms. The van der Waals surface area contributed by atoms with E-state index >= 15 is 0 Å². The van der Waals surface area contributed by atoms with Crippen LogP contribution in [0.25, 0.3) is 21.9 Å². The maximum Gasteiger partial charge on any atom is 0.278 e. The van der Waals surface area contributed by atoms with Crippen molar-refractivity contribution >= 4 is 39.6 Å².